The van der Waals surface area contributed by atoms with E-state index >= 15 is 0 Å². The van der Waals surface area contributed by atoms with Crippen LogP contribution in [0.1, 0.15) is 31.9 Å². The molecule has 25 heavy (non-hydrogen) atoms. The number of carbonyl (C=O) groups is 1. The summed E-state index contributed by atoms with van der Waals surface area (Å²) in [5, 5.41) is 0.707. The van der Waals surface area contributed by atoms with Crippen molar-refractivity contribution in [3.05, 3.63) is 69.3 Å². The molecule has 0 N–H and O–H groups in total. The van der Waals surface area contributed by atoms with Crippen LogP contribution in [-0.4, -0.2) is 19.2 Å². The predicted molar refractivity (Wildman–Crippen MR) is 103 cm³/mol. The summed E-state index contributed by atoms with van der Waals surface area (Å²) in [5.74, 6) is 0.572. The Bertz CT molecular complexity index is 783. The van der Waals surface area contributed by atoms with Crippen molar-refractivity contribution in [2.24, 2.45) is 0 Å². The molecule has 0 unspecified atom stereocenters. The molecular weight excluding hydrogens is 336 g/mol. The van der Waals surface area contributed by atoms with E-state index in [0.717, 1.165) is 33.6 Å². The molecule has 1 aromatic carbocycles. The molecular formula is C21H23ClO3. The third-order valence-corrected chi connectivity index (χ3v) is 4.03. The second kappa shape index (κ2) is 8.72. The highest BCUT2D eigenvalue weighted by Crippen LogP contribution is 2.34. The summed E-state index contributed by atoms with van der Waals surface area (Å²) in [6.07, 6.45) is 9.38. The van der Waals surface area contributed by atoms with Crippen LogP contribution < -0.4 is 4.74 Å². The first-order chi connectivity index (χ1) is 11.9. The van der Waals surface area contributed by atoms with Crippen LogP contribution in [0.3, 0.4) is 0 Å². The van der Waals surface area contributed by atoms with Crippen molar-refractivity contribution >= 4 is 23.6 Å². The molecule has 0 spiro atoms. The maximum absolute atomic E-state index is 11.4. The largest absolute Gasteiger partial charge is 0.488 e. The molecule has 4 heteroatoms. The van der Waals surface area contributed by atoms with E-state index in [1.165, 1.54) is 6.08 Å². The standard InChI is InChI=1S/C21H23ClO3/c1-5-24-20(23)9-14(2)7-6-8-15(3)18-11-17-12-19(22)10-16(4)21(17)25-13-18/h6-12H,5,13H2,1-4H3/b7-6+,14-9+,15-8+. The number of rotatable bonds is 5. The summed E-state index contributed by atoms with van der Waals surface area (Å²) in [4.78, 5) is 11.4. The van der Waals surface area contributed by atoms with E-state index in [1.54, 1.807) is 6.92 Å². The Morgan fingerprint density at radius 2 is 2.12 bits per heavy atom. The van der Waals surface area contributed by atoms with E-state index < -0.39 is 0 Å². The zero-order valence-corrected chi connectivity index (χ0v) is 15.8. The highest BCUT2D eigenvalue weighted by Gasteiger charge is 2.15. The minimum atomic E-state index is -0.322. The van der Waals surface area contributed by atoms with Crippen molar-refractivity contribution in [3.8, 4) is 5.75 Å². The maximum Gasteiger partial charge on any atom is 0.330 e. The van der Waals surface area contributed by atoms with Gasteiger partial charge in [-0.1, -0.05) is 29.8 Å². The van der Waals surface area contributed by atoms with Gasteiger partial charge in [0.15, 0.2) is 0 Å². The minimum absolute atomic E-state index is 0.322. The molecule has 2 rings (SSSR count). The van der Waals surface area contributed by atoms with Gasteiger partial charge in [0.1, 0.15) is 12.4 Å². The SMILES string of the molecule is CCOC(=O)/C=C(C)/C=C/C=C(\C)C1=Cc2cc(Cl)cc(C)c2OC1. The number of esters is 1. The summed E-state index contributed by atoms with van der Waals surface area (Å²) in [7, 11) is 0. The van der Waals surface area contributed by atoms with Crippen LogP contribution in [0.5, 0.6) is 5.75 Å². The van der Waals surface area contributed by atoms with E-state index in [9.17, 15) is 4.79 Å². The highest BCUT2D eigenvalue weighted by atomic mass is 35.5. The second-order valence-corrected chi connectivity index (χ2v) is 6.38. The lowest BCUT2D eigenvalue weighted by Crippen LogP contribution is -2.09. The molecule has 132 valence electrons. The monoisotopic (exact) mass is 358 g/mol. The summed E-state index contributed by atoms with van der Waals surface area (Å²) in [5.41, 5.74) is 5.08. The molecule has 0 atom stereocenters. The second-order valence-electron chi connectivity index (χ2n) is 5.95. The van der Waals surface area contributed by atoms with Crippen LogP contribution in [0.2, 0.25) is 5.02 Å². The first-order valence-corrected chi connectivity index (χ1v) is 8.62. The summed E-state index contributed by atoms with van der Waals surface area (Å²) in [6, 6.07) is 3.82. The molecule has 1 aliphatic heterocycles. The van der Waals surface area contributed by atoms with Crippen molar-refractivity contribution in [2.45, 2.75) is 27.7 Å². The first-order valence-electron chi connectivity index (χ1n) is 8.24. The fourth-order valence-electron chi connectivity index (χ4n) is 2.54. The number of hydrogen-bond donors (Lipinski definition) is 0. The van der Waals surface area contributed by atoms with E-state index in [0.29, 0.717) is 18.2 Å². The van der Waals surface area contributed by atoms with Gasteiger partial charge in [-0.3, -0.25) is 0 Å². The molecule has 3 nitrogen and oxygen atoms in total. The number of carbonyl (C=O) groups excluding carboxylic acids is 1. The number of halogens is 1. The minimum Gasteiger partial charge on any atom is -0.488 e. The van der Waals surface area contributed by atoms with E-state index in [-0.39, 0.29) is 5.97 Å². The van der Waals surface area contributed by atoms with Gasteiger partial charge >= 0.3 is 5.97 Å². The quantitative estimate of drug-likeness (QED) is 0.399. The molecule has 0 radical (unpaired) electrons. The van der Waals surface area contributed by atoms with Crippen LogP contribution in [0.15, 0.2) is 53.2 Å². The molecule has 1 aliphatic rings. The van der Waals surface area contributed by atoms with Gasteiger partial charge in [-0.15, -0.1) is 0 Å². The number of benzene rings is 1. The van der Waals surface area contributed by atoms with Gasteiger partial charge in [-0.2, -0.15) is 0 Å². The van der Waals surface area contributed by atoms with Gasteiger partial charge in [0, 0.05) is 16.7 Å². The van der Waals surface area contributed by atoms with E-state index in [4.69, 9.17) is 21.1 Å². The number of allylic oxidation sites excluding steroid dienone is 4. The molecule has 1 heterocycles. The zero-order chi connectivity index (χ0) is 18.4. The molecule has 0 bridgehead atoms. The molecule has 0 aliphatic carbocycles. The smallest absolute Gasteiger partial charge is 0.330 e. The normalized spacial score (nSPS) is 14.8. The topological polar surface area (TPSA) is 35.5 Å². The molecule has 0 aromatic heterocycles. The zero-order valence-electron chi connectivity index (χ0n) is 15.1. The molecule has 0 amide bonds. The van der Waals surface area contributed by atoms with E-state index in [2.05, 4.69) is 6.08 Å². The van der Waals surface area contributed by atoms with Crippen LogP contribution in [0, 0.1) is 6.92 Å². The van der Waals surface area contributed by atoms with Crippen molar-refractivity contribution in [1.82, 2.24) is 0 Å². The van der Waals surface area contributed by atoms with Gasteiger partial charge in [0.25, 0.3) is 0 Å². The fourth-order valence-corrected chi connectivity index (χ4v) is 2.82. The third kappa shape index (κ3) is 5.36. The van der Waals surface area contributed by atoms with Gasteiger partial charge in [0.05, 0.1) is 6.61 Å². The molecule has 0 saturated heterocycles. The summed E-state index contributed by atoms with van der Waals surface area (Å²) >= 11 is 6.14. The number of hydrogen-bond acceptors (Lipinski definition) is 3. The number of ether oxygens (including phenoxy) is 2. The molecule has 0 saturated carbocycles. The average Bonchev–Trinajstić information content (AvgIpc) is 2.54. The summed E-state index contributed by atoms with van der Waals surface area (Å²) in [6.45, 7) is 8.59. The molecule has 1 aromatic rings. The van der Waals surface area contributed by atoms with Crippen molar-refractivity contribution in [3.63, 3.8) is 0 Å². The van der Waals surface area contributed by atoms with Crippen LogP contribution in [0.25, 0.3) is 6.08 Å². The van der Waals surface area contributed by atoms with Crippen LogP contribution >= 0.6 is 11.6 Å². The third-order valence-electron chi connectivity index (χ3n) is 3.81. The predicted octanol–water partition coefficient (Wildman–Crippen LogP) is 5.44. The molecule has 0 fully saturated rings. The Kier molecular flexibility index (Phi) is 6.65. The Hall–Kier alpha value is -2.26. The van der Waals surface area contributed by atoms with Crippen molar-refractivity contribution in [2.75, 3.05) is 13.2 Å². The maximum atomic E-state index is 11.4. The Morgan fingerprint density at radius 3 is 2.84 bits per heavy atom. The van der Waals surface area contributed by atoms with Crippen LogP contribution in [-0.2, 0) is 9.53 Å². The van der Waals surface area contributed by atoms with Gasteiger partial charge in [-0.05, 0) is 68.2 Å². The Morgan fingerprint density at radius 1 is 1.36 bits per heavy atom. The number of aryl methyl sites for hydroxylation is 1. The van der Waals surface area contributed by atoms with Gasteiger partial charge in [-0.25, -0.2) is 4.79 Å². The number of fused-ring (bicyclic) bond motifs is 1. The lowest BCUT2D eigenvalue weighted by molar-refractivity contribution is -0.137. The Balaban J connectivity index is 2.13. The highest BCUT2D eigenvalue weighted by molar-refractivity contribution is 6.30. The first kappa shape index (κ1) is 19.1. The average molecular weight is 359 g/mol. The van der Waals surface area contributed by atoms with Gasteiger partial charge in [0.2, 0.25) is 0 Å². The summed E-state index contributed by atoms with van der Waals surface area (Å²) < 4.78 is 10.8. The van der Waals surface area contributed by atoms with Gasteiger partial charge < -0.3 is 9.47 Å². The van der Waals surface area contributed by atoms with Crippen molar-refractivity contribution in [1.29, 1.82) is 0 Å². The lowest BCUT2D eigenvalue weighted by atomic mass is 10.00. The van der Waals surface area contributed by atoms with Crippen molar-refractivity contribution < 1.29 is 14.3 Å². The van der Waals surface area contributed by atoms with E-state index in [1.807, 2.05) is 51.1 Å². The lowest BCUT2D eigenvalue weighted by Gasteiger charge is -2.20. The van der Waals surface area contributed by atoms with Crippen LogP contribution in [0.4, 0.5) is 0 Å². The Labute approximate surface area is 154 Å². The fraction of sp³-hybridized carbons (Fsp3) is 0.286.